The van der Waals surface area contributed by atoms with Gasteiger partial charge in [-0.2, -0.15) is 0 Å². The van der Waals surface area contributed by atoms with E-state index in [-0.39, 0.29) is 12.3 Å². The summed E-state index contributed by atoms with van der Waals surface area (Å²) in [4.78, 5) is 21.5. The first kappa shape index (κ1) is 9.94. The SMILES string of the molecule is CNC1(O)OC(=O)CC1NC(C)=O. The maximum atomic E-state index is 10.8. The molecule has 1 saturated heterocycles. The van der Waals surface area contributed by atoms with E-state index in [9.17, 15) is 14.7 Å². The molecular formula is C7H12N2O4. The largest absolute Gasteiger partial charge is 0.417 e. The Bertz CT molecular complexity index is 243. The number of likely N-dealkylation sites (N-methyl/N-ethyl adjacent to an activating group) is 1. The monoisotopic (exact) mass is 188 g/mol. The molecule has 0 bridgehead atoms. The molecule has 0 aromatic heterocycles. The summed E-state index contributed by atoms with van der Waals surface area (Å²) in [7, 11) is 1.44. The van der Waals surface area contributed by atoms with Gasteiger partial charge >= 0.3 is 5.97 Å². The van der Waals surface area contributed by atoms with Crippen LogP contribution in [0.2, 0.25) is 0 Å². The van der Waals surface area contributed by atoms with Gasteiger partial charge in [-0.25, -0.2) is 0 Å². The van der Waals surface area contributed by atoms with Gasteiger partial charge in [-0.3, -0.25) is 14.9 Å². The topological polar surface area (TPSA) is 87.7 Å². The number of rotatable bonds is 2. The number of carbonyl (C=O) groups excluding carboxylic acids is 2. The fraction of sp³-hybridized carbons (Fsp3) is 0.714. The standard InChI is InChI=1S/C7H12N2O4/c1-4(10)9-5-3-6(11)13-7(5,12)8-2/h5,8,12H,3H2,1-2H3,(H,9,10). The molecule has 0 aromatic rings. The quantitative estimate of drug-likeness (QED) is 0.355. The summed E-state index contributed by atoms with van der Waals surface area (Å²) in [6.07, 6.45) is -0.0308. The van der Waals surface area contributed by atoms with Crippen molar-refractivity contribution in [3.05, 3.63) is 0 Å². The van der Waals surface area contributed by atoms with Gasteiger partial charge in [0.25, 0.3) is 5.91 Å². The zero-order valence-electron chi connectivity index (χ0n) is 7.46. The van der Waals surface area contributed by atoms with E-state index in [1.54, 1.807) is 0 Å². The molecule has 1 heterocycles. The Morgan fingerprint density at radius 1 is 1.77 bits per heavy atom. The molecular weight excluding hydrogens is 176 g/mol. The van der Waals surface area contributed by atoms with Crippen LogP contribution in [0.25, 0.3) is 0 Å². The highest BCUT2D eigenvalue weighted by Crippen LogP contribution is 2.21. The van der Waals surface area contributed by atoms with Crippen LogP contribution in [0.1, 0.15) is 13.3 Å². The van der Waals surface area contributed by atoms with Crippen LogP contribution < -0.4 is 10.6 Å². The minimum absolute atomic E-state index is 0.0308. The molecule has 6 heteroatoms. The molecule has 6 nitrogen and oxygen atoms in total. The first-order chi connectivity index (χ1) is 5.98. The van der Waals surface area contributed by atoms with E-state index in [0.29, 0.717) is 0 Å². The van der Waals surface area contributed by atoms with Gasteiger partial charge in [-0.05, 0) is 7.05 Å². The van der Waals surface area contributed by atoms with Gasteiger partial charge in [-0.1, -0.05) is 0 Å². The van der Waals surface area contributed by atoms with Gasteiger partial charge in [0.05, 0.1) is 6.42 Å². The van der Waals surface area contributed by atoms with Crippen molar-refractivity contribution >= 4 is 11.9 Å². The molecule has 1 aliphatic rings. The second-order valence-corrected chi connectivity index (χ2v) is 2.88. The molecule has 1 rings (SSSR count). The minimum Gasteiger partial charge on any atom is -0.417 e. The van der Waals surface area contributed by atoms with E-state index < -0.39 is 17.9 Å². The van der Waals surface area contributed by atoms with Crippen LogP contribution in [0.3, 0.4) is 0 Å². The van der Waals surface area contributed by atoms with Crippen molar-refractivity contribution in [2.75, 3.05) is 7.05 Å². The summed E-state index contributed by atoms with van der Waals surface area (Å²) in [5, 5.41) is 14.5. The fourth-order valence-corrected chi connectivity index (χ4v) is 1.21. The van der Waals surface area contributed by atoms with Crippen molar-refractivity contribution < 1.29 is 19.4 Å². The van der Waals surface area contributed by atoms with Crippen molar-refractivity contribution in [2.45, 2.75) is 25.3 Å². The molecule has 0 saturated carbocycles. The first-order valence-electron chi connectivity index (χ1n) is 3.88. The summed E-state index contributed by atoms with van der Waals surface area (Å²) < 4.78 is 4.60. The molecule has 1 fully saturated rings. The Hall–Kier alpha value is -1.14. The smallest absolute Gasteiger partial charge is 0.311 e. The highest BCUT2D eigenvalue weighted by atomic mass is 16.7. The summed E-state index contributed by atoms with van der Waals surface area (Å²) in [6, 6.07) is -0.734. The molecule has 0 radical (unpaired) electrons. The maximum absolute atomic E-state index is 10.8. The van der Waals surface area contributed by atoms with Crippen LogP contribution in [-0.2, 0) is 14.3 Å². The minimum atomic E-state index is -1.78. The zero-order valence-corrected chi connectivity index (χ0v) is 7.46. The van der Waals surface area contributed by atoms with Crippen molar-refractivity contribution in [3.8, 4) is 0 Å². The van der Waals surface area contributed by atoms with Crippen LogP contribution in [-0.4, -0.2) is 36.0 Å². The average Bonchev–Trinajstić information content (AvgIpc) is 2.27. The third kappa shape index (κ3) is 1.96. The molecule has 0 aliphatic carbocycles. The lowest BCUT2D eigenvalue weighted by atomic mass is 10.2. The number of esters is 1. The van der Waals surface area contributed by atoms with Crippen LogP contribution in [0.15, 0.2) is 0 Å². The Labute approximate surface area is 75.3 Å². The lowest BCUT2D eigenvalue weighted by Crippen LogP contribution is -2.57. The van der Waals surface area contributed by atoms with Gasteiger partial charge in [0.1, 0.15) is 6.04 Å². The Balaban J connectivity index is 2.71. The zero-order chi connectivity index (χ0) is 10.1. The second kappa shape index (κ2) is 3.31. The van der Waals surface area contributed by atoms with Gasteiger partial charge < -0.3 is 15.2 Å². The van der Waals surface area contributed by atoms with Gasteiger partial charge in [-0.15, -0.1) is 0 Å². The molecule has 2 unspecified atom stereocenters. The number of ether oxygens (including phenoxy) is 1. The lowest BCUT2D eigenvalue weighted by Gasteiger charge is -2.26. The Kier molecular flexibility index (Phi) is 2.53. The molecule has 1 amide bonds. The summed E-state index contributed by atoms with van der Waals surface area (Å²) in [5.74, 6) is -2.64. The third-order valence-electron chi connectivity index (χ3n) is 1.85. The van der Waals surface area contributed by atoms with Gasteiger partial charge in [0.15, 0.2) is 0 Å². The fourth-order valence-electron chi connectivity index (χ4n) is 1.21. The molecule has 1 aliphatic heterocycles. The number of hydrogen-bond donors (Lipinski definition) is 3. The molecule has 74 valence electrons. The summed E-state index contributed by atoms with van der Waals surface area (Å²) in [6.45, 7) is 1.30. The predicted molar refractivity (Wildman–Crippen MR) is 42.3 cm³/mol. The molecule has 3 N–H and O–H groups in total. The summed E-state index contributed by atoms with van der Waals surface area (Å²) in [5.41, 5.74) is 0. The summed E-state index contributed by atoms with van der Waals surface area (Å²) >= 11 is 0. The number of hydrogen-bond acceptors (Lipinski definition) is 5. The van der Waals surface area contributed by atoms with Crippen LogP contribution >= 0.6 is 0 Å². The molecule has 0 spiro atoms. The van der Waals surface area contributed by atoms with Crippen LogP contribution in [0.5, 0.6) is 0 Å². The molecule has 0 aromatic carbocycles. The average molecular weight is 188 g/mol. The number of carbonyl (C=O) groups is 2. The van der Waals surface area contributed by atoms with Crippen molar-refractivity contribution in [2.24, 2.45) is 0 Å². The highest BCUT2D eigenvalue weighted by molar-refractivity contribution is 5.77. The van der Waals surface area contributed by atoms with Crippen LogP contribution in [0.4, 0.5) is 0 Å². The molecule has 13 heavy (non-hydrogen) atoms. The predicted octanol–water partition coefficient (Wildman–Crippen LogP) is -1.70. The van der Waals surface area contributed by atoms with Gasteiger partial charge in [0, 0.05) is 6.92 Å². The van der Waals surface area contributed by atoms with Crippen molar-refractivity contribution in [3.63, 3.8) is 0 Å². The Morgan fingerprint density at radius 3 is 2.85 bits per heavy atom. The van der Waals surface area contributed by atoms with Crippen molar-refractivity contribution in [1.29, 1.82) is 0 Å². The molecule has 2 atom stereocenters. The Morgan fingerprint density at radius 2 is 2.38 bits per heavy atom. The van der Waals surface area contributed by atoms with E-state index >= 15 is 0 Å². The lowest BCUT2D eigenvalue weighted by molar-refractivity contribution is -0.206. The maximum Gasteiger partial charge on any atom is 0.311 e. The van der Waals surface area contributed by atoms with E-state index in [1.165, 1.54) is 14.0 Å². The van der Waals surface area contributed by atoms with E-state index in [1.807, 2.05) is 0 Å². The van der Waals surface area contributed by atoms with E-state index in [0.717, 1.165) is 0 Å². The van der Waals surface area contributed by atoms with Crippen molar-refractivity contribution in [1.82, 2.24) is 10.6 Å². The number of amides is 1. The van der Waals surface area contributed by atoms with E-state index in [4.69, 9.17) is 0 Å². The first-order valence-corrected chi connectivity index (χ1v) is 3.88. The van der Waals surface area contributed by atoms with Crippen LogP contribution in [0, 0.1) is 0 Å². The van der Waals surface area contributed by atoms with Gasteiger partial charge in [0.2, 0.25) is 5.91 Å². The number of nitrogens with one attached hydrogen (secondary N) is 2. The highest BCUT2D eigenvalue weighted by Gasteiger charge is 2.47. The number of aliphatic hydroxyl groups is 1. The normalized spacial score (nSPS) is 32.8. The van der Waals surface area contributed by atoms with E-state index in [2.05, 4.69) is 15.4 Å². The second-order valence-electron chi connectivity index (χ2n) is 2.88. The third-order valence-corrected chi connectivity index (χ3v) is 1.85. The number of cyclic esters (lactones) is 1.